The molecule has 0 unspecified atom stereocenters. The van der Waals surface area contributed by atoms with Crippen LogP contribution >= 0.6 is 50.6 Å². The van der Waals surface area contributed by atoms with Crippen LogP contribution in [0.5, 0.6) is 0 Å². The van der Waals surface area contributed by atoms with Gasteiger partial charge in [-0.05, 0) is 35.9 Å². The number of carbonyl (C=O) groups is 1. The largest absolute Gasteiger partial charge is 0.326 e. The summed E-state index contributed by atoms with van der Waals surface area (Å²) in [5, 5.41) is 4.55. The first-order chi connectivity index (χ1) is 12.5. The number of aromatic nitrogens is 1. The predicted octanol–water partition coefficient (Wildman–Crippen LogP) is 6.17. The smallest absolute Gasteiger partial charge is 0.230 e. The van der Waals surface area contributed by atoms with Gasteiger partial charge in [-0.3, -0.25) is 4.79 Å². The first kappa shape index (κ1) is 19.4. The van der Waals surface area contributed by atoms with Crippen molar-refractivity contribution >= 4 is 62.2 Å². The minimum Gasteiger partial charge on any atom is -0.326 e. The summed E-state index contributed by atoms with van der Waals surface area (Å²) in [6, 6.07) is 12.2. The monoisotopic (exact) mass is 470 g/mol. The van der Waals surface area contributed by atoms with E-state index in [1.807, 2.05) is 17.5 Å². The fourth-order valence-corrected chi connectivity index (χ4v) is 4.35. The number of nitrogens with one attached hydrogen (secondary N) is 1. The van der Waals surface area contributed by atoms with E-state index >= 15 is 0 Å². The summed E-state index contributed by atoms with van der Waals surface area (Å²) in [5.74, 6) is 0.0830. The van der Waals surface area contributed by atoms with E-state index in [2.05, 4.69) is 38.4 Å². The van der Waals surface area contributed by atoms with Gasteiger partial charge in [-0.1, -0.05) is 51.4 Å². The Morgan fingerprint density at radius 1 is 1.27 bits per heavy atom. The average molecular weight is 472 g/mol. The Hall–Kier alpha value is -1.41. The second-order valence-corrected chi connectivity index (χ2v) is 8.78. The molecule has 3 nitrogen and oxygen atoms in total. The van der Waals surface area contributed by atoms with Crippen molar-refractivity contribution in [3.8, 4) is 0 Å². The van der Waals surface area contributed by atoms with Crippen LogP contribution in [0.2, 0.25) is 5.02 Å². The number of halogens is 3. The van der Waals surface area contributed by atoms with E-state index < -0.39 is 5.82 Å². The van der Waals surface area contributed by atoms with Gasteiger partial charge in [-0.2, -0.15) is 0 Å². The summed E-state index contributed by atoms with van der Waals surface area (Å²) in [6.45, 7) is 0. The van der Waals surface area contributed by atoms with E-state index in [0.29, 0.717) is 11.4 Å². The van der Waals surface area contributed by atoms with Crippen molar-refractivity contribution in [2.24, 2.45) is 0 Å². The molecule has 0 aliphatic heterocycles. The van der Waals surface area contributed by atoms with Gasteiger partial charge in [0.1, 0.15) is 10.2 Å². The molecule has 3 aromatic rings. The van der Waals surface area contributed by atoms with Crippen LogP contribution in [0.15, 0.2) is 56.7 Å². The number of amides is 1. The van der Waals surface area contributed by atoms with Crippen molar-refractivity contribution in [1.82, 2.24) is 4.98 Å². The van der Waals surface area contributed by atoms with E-state index in [-0.39, 0.29) is 17.4 Å². The van der Waals surface area contributed by atoms with Gasteiger partial charge in [-0.15, -0.1) is 11.3 Å². The maximum absolute atomic E-state index is 13.1. The lowest BCUT2D eigenvalue weighted by atomic mass is 10.2. The number of nitrogens with zero attached hydrogens (tertiary/aromatic N) is 1. The molecule has 0 aliphatic carbocycles. The molecule has 2 aromatic carbocycles. The van der Waals surface area contributed by atoms with Gasteiger partial charge in [-0.25, -0.2) is 9.37 Å². The molecule has 0 atom stereocenters. The van der Waals surface area contributed by atoms with Crippen LogP contribution in [0.3, 0.4) is 0 Å². The fourth-order valence-electron chi connectivity index (χ4n) is 2.11. The molecule has 26 heavy (non-hydrogen) atoms. The van der Waals surface area contributed by atoms with Gasteiger partial charge >= 0.3 is 0 Å². The SMILES string of the molecule is O=C(Cc1csc(SCc2ccc(Br)cc2)n1)Nc1ccc(F)c(Cl)c1. The van der Waals surface area contributed by atoms with Crippen LogP contribution in [-0.4, -0.2) is 10.9 Å². The Balaban J connectivity index is 1.53. The lowest BCUT2D eigenvalue weighted by molar-refractivity contribution is -0.115. The molecule has 134 valence electrons. The molecule has 1 heterocycles. The molecule has 0 saturated heterocycles. The normalized spacial score (nSPS) is 10.7. The Morgan fingerprint density at radius 3 is 2.77 bits per heavy atom. The molecule has 0 radical (unpaired) electrons. The van der Waals surface area contributed by atoms with Crippen molar-refractivity contribution < 1.29 is 9.18 Å². The van der Waals surface area contributed by atoms with Gasteiger partial charge in [0.2, 0.25) is 5.91 Å². The van der Waals surface area contributed by atoms with Crippen LogP contribution < -0.4 is 5.32 Å². The highest BCUT2D eigenvalue weighted by Gasteiger charge is 2.10. The summed E-state index contributed by atoms with van der Waals surface area (Å²) < 4.78 is 15.1. The highest BCUT2D eigenvalue weighted by molar-refractivity contribution is 9.10. The van der Waals surface area contributed by atoms with E-state index in [1.165, 1.54) is 35.1 Å². The molecule has 0 aliphatic rings. The third-order valence-electron chi connectivity index (χ3n) is 3.35. The molecular formula is C18H13BrClFN2OS2. The number of hydrogen-bond acceptors (Lipinski definition) is 4. The van der Waals surface area contributed by atoms with Gasteiger partial charge in [0.25, 0.3) is 0 Å². The Labute approximate surface area is 172 Å². The topological polar surface area (TPSA) is 42.0 Å². The second kappa shape index (κ2) is 8.99. The van der Waals surface area contributed by atoms with Crippen LogP contribution in [0, 0.1) is 5.82 Å². The zero-order valence-electron chi connectivity index (χ0n) is 13.3. The van der Waals surface area contributed by atoms with Crippen molar-refractivity contribution in [1.29, 1.82) is 0 Å². The van der Waals surface area contributed by atoms with E-state index in [4.69, 9.17) is 11.6 Å². The van der Waals surface area contributed by atoms with Gasteiger partial charge in [0.15, 0.2) is 0 Å². The molecule has 0 spiro atoms. The van der Waals surface area contributed by atoms with Crippen molar-refractivity contribution in [2.75, 3.05) is 5.32 Å². The van der Waals surface area contributed by atoms with Crippen molar-refractivity contribution in [2.45, 2.75) is 16.5 Å². The number of thiazole rings is 1. The lowest BCUT2D eigenvalue weighted by Crippen LogP contribution is -2.14. The fraction of sp³-hybridized carbons (Fsp3) is 0.111. The third kappa shape index (κ3) is 5.54. The number of hydrogen-bond donors (Lipinski definition) is 1. The average Bonchev–Trinajstić information content (AvgIpc) is 3.05. The molecule has 1 N–H and O–H groups in total. The predicted molar refractivity (Wildman–Crippen MR) is 110 cm³/mol. The first-order valence-corrected chi connectivity index (χ1v) is 10.6. The zero-order valence-corrected chi connectivity index (χ0v) is 17.3. The number of benzene rings is 2. The third-order valence-corrected chi connectivity index (χ3v) is 6.31. The first-order valence-electron chi connectivity index (χ1n) is 7.56. The van der Waals surface area contributed by atoms with E-state index in [9.17, 15) is 9.18 Å². The molecule has 0 fully saturated rings. The highest BCUT2D eigenvalue weighted by Crippen LogP contribution is 2.27. The number of carbonyl (C=O) groups excluding carboxylic acids is 1. The summed E-state index contributed by atoms with van der Waals surface area (Å²) in [6.07, 6.45) is 0.157. The van der Waals surface area contributed by atoms with E-state index in [1.54, 1.807) is 11.8 Å². The van der Waals surface area contributed by atoms with Gasteiger partial charge < -0.3 is 5.32 Å². The molecule has 0 bridgehead atoms. The van der Waals surface area contributed by atoms with Crippen LogP contribution in [-0.2, 0) is 17.0 Å². The summed E-state index contributed by atoms with van der Waals surface area (Å²) >= 11 is 12.3. The van der Waals surface area contributed by atoms with Crippen LogP contribution in [0.1, 0.15) is 11.3 Å². The van der Waals surface area contributed by atoms with E-state index in [0.717, 1.165) is 14.6 Å². The van der Waals surface area contributed by atoms with Crippen molar-refractivity contribution in [3.63, 3.8) is 0 Å². The minimum atomic E-state index is -0.517. The molecule has 3 rings (SSSR count). The number of rotatable bonds is 6. The van der Waals surface area contributed by atoms with Crippen LogP contribution in [0.25, 0.3) is 0 Å². The summed E-state index contributed by atoms with van der Waals surface area (Å²) in [7, 11) is 0. The molecular weight excluding hydrogens is 459 g/mol. The van der Waals surface area contributed by atoms with Crippen molar-refractivity contribution in [3.05, 3.63) is 74.4 Å². The summed E-state index contributed by atoms with van der Waals surface area (Å²) in [5.41, 5.74) is 2.38. The molecule has 1 amide bonds. The second-order valence-electron chi connectivity index (χ2n) is 5.37. The van der Waals surface area contributed by atoms with Crippen LogP contribution in [0.4, 0.5) is 10.1 Å². The van der Waals surface area contributed by atoms with Gasteiger partial charge in [0, 0.05) is 21.3 Å². The molecule has 1 aromatic heterocycles. The number of thioether (sulfide) groups is 1. The Bertz CT molecular complexity index is 918. The standard InChI is InChI=1S/C18H13BrClFN2OS2/c19-12-3-1-11(2-4-12)9-25-18-23-14(10-26-18)8-17(24)22-13-5-6-16(21)15(20)7-13/h1-7,10H,8-9H2,(H,22,24). The maximum atomic E-state index is 13.1. The molecule has 0 saturated carbocycles. The highest BCUT2D eigenvalue weighted by atomic mass is 79.9. The quantitative estimate of drug-likeness (QED) is 0.437. The Morgan fingerprint density at radius 2 is 2.04 bits per heavy atom. The zero-order chi connectivity index (χ0) is 18.5. The molecule has 8 heteroatoms. The maximum Gasteiger partial charge on any atom is 0.230 e. The minimum absolute atomic E-state index is 0.0249. The number of anilines is 1. The summed E-state index contributed by atoms with van der Waals surface area (Å²) in [4.78, 5) is 16.6. The lowest BCUT2D eigenvalue weighted by Gasteiger charge is -2.04. The van der Waals surface area contributed by atoms with Gasteiger partial charge in [0.05, 0.1) is 17.1 Å². The Kier molecular flexibility index (Phi) is 6.69.